The van der Waals surface area contributed by atoms with E-state index in [0.717, 1.165) is 36.0 Å². The zero-order valence-corrected chi connectivity index (χ0v) is 11.8. The zero-order chi connectivity index (χ0) is 14.5. The molecule has 0 radical (unpaired) electrons. The fourth-order valence-corrected chi connectivity index (χ4v) is 2.44. The lowest BCUT2D eigenvalue weighted by Gasteiger charge is -2.10. The van der Waals surface area contributed by atoms with Crippen LogP contribution in [0.4, 0.5) is 5.69 Å². The molecular weight excluding hydrogens is 270 g/mol. The van der Waals surface area contributed by atoms with Gasteiger partial charge in [-0.05, 0) is 18.9 Å². The monoisotopic (exact) mass is 289 g/mol. The van der Waals surface area contributed by atoms with Crippen molar-refractivity contribution in [1.29, 1.82) is 0 Å². The number of rotatable bonds is 6. The highest BCUT2D eigenvalue weighted by atomic mass is 16.5. The summed E-state index contributed by atoms with van der Waals surface area (Å²) in [6, 6.07) is 5.69. The standard InChI is InChI=1S/C15H19N3O3/c19-14(6-8-20-10-12-4-2-7-21-12)17-13-5-1-3-11-9-16-18-15(11)13/h1,3,5,9,12H,2,4,6-8,10H2,(H,16,18)(H,17,19). The zero-order valence-electron chi connectivity index (χ0n) is 11.8. The summed E-state index contributed by atoms with van der Waals surface area (Å²) >= 11 is 0. The number of nitrogens with one attached hydrogen (secondary N) is 2. The molecule has 2 N–H and O–H groups in total. The molecule has 0 aliphatic carbocycles. The first-order chi connectivity index (χ1) is 10.3. The second kappa shape index (κ2) is 6.69. The Morgan fingerprint density at radius 2 is 2.48 bits per heavy atom. The first kappa shape index (κ1) is 14.0. The molecule has 1 aromatic heterocycles. The number of fused-ring (bicyclic) bond motifs is 1. The number of aromatic amines is 1. The van der Waals surface area contributed by atoms with Gasteiger partial charge in [0.2, 0.25) is 5.91 Å². The largest absolute Gasteiger partial charge is 0.378 e. The number of benzene rings is 1. The number of aromatic nitrogens is 2. The molecule has 1 saturated heterocycles. The van der Waals surface area contributed by atoms with Gasteiger partial charge in [0.05, 0.1) is 43.1 Å². The van der Waals surface area contributed by atoms with E-state index in [4.69, 9.17) is 9.47 Å². The van der Waals surface area contributed by atoms with E-state index in [0.29, 0.717) is 19.6 Å². The molecule has 0 bridgehead atoms. The van der Waals surface area contributed by atoms with Crippen molar-refractivity contribution in [2.24, 2.45) is 0 Å². The Morgan fingerprint density at radius 1 is 1.52 bits per heavy atom. The Labute approximate surface area is 122 Å². The summed E-state index contributed by atoms with van der Waals surface area (Å²) in [7, 11) is 0. The molecule has 1 atom stereocenters. The molecule has 2 heterocycles. The van der Waals surface area contributed by atoms with Gasteiger partial charge in [-0.1, -0.05) is 12.1 Å². The third kappa shape index (κ3) is 3.59. The minimum Gasteiger partial charge on any atom is -0.378 e. The first-order valence-corrected chi connectivity index (χ1v) is 7.24. The Morgan fingerprint density at radius 3 is 3.33 bits per heavy atom. The van der Waals surface area contributed by atoms with Crippen molar-refractivity contribution >= 4 is 22.5 Å². The SMILES string of the molecule is O=C(CCOCC1CCCO1)Nc1cccc2cn[nH]c12. The predicted molar refractivity (Wildman–Crippen MR) is 79.1 cm³/mol. The summed E-state index contributed by atoms with van der Waals surface area (Å²) in [4.78, 5) is 11.9. The van der Waals surface area contributed by atoms with Gasteiger partial charge in [0, 0.05) is 12.0 Å². The second-order valence-corrected chi connectivity index (χ2v) is 5.15. The fourth-order valence-electron chi connectivity index (χ4n) is 2.44. The predicted octanol–water partition coefficient (Wildman–Crippen LogP) is 2.09. The van der Waals surface area contributed by atoms with Crippen LogP contribution in [0.5, 0.6) is 0 Å². The number of carbonyl (C=O) groups excluding carboxylic acids is 1. The van der Waals surface area contributed by atoms with Crippen LogP contribution in [0.3, 0.4) is 0 Å². The van der Waals surface area contributed by atoms with Gasteiger partial charge in [0.15, 0.2) is 0 Å². The van der Waals surface area contributed by atoms with Crippen molar-refractivity contribution in [2.45, 2.75) is 25.4 Å². The van der Waals surface area contributed by atoms with Crippen LogP contribution in [0.2, 0.25) is 0 Å². The van der Waals surface area contributed by atoms with Crippen LogP contribution in [-0.2, 0) is 14.3 Å². The van der Waals surface area contributed by atoms with Crippen LogP contribution in [-0.4, -0.2) is 42.0 Å². The van der Waals surface area contributed by atoms with Crippen LogP contribution >= 0.6 is 0 Å². The molecule has 1 aliphatic rings. The maximum Gasteiger partial charge on any atom is 0.226 e. The van der Waals surface area contributed by atoms with Crippen molar-refractivity contribution in [2.75, 3.05) is 25.1 Å². The van der Waals surface area contributed by atoms with E-state index in [1.807, 2.05) is 18.2 Å². The second-order valence-electron chi connectivity index (χ2n) is 5.15. The molecule has 0 saturated carbocycles. The van der Waals surface area contributed by atoms with Crippen molar-refractivity contribution in [1.82, 2.24) is 10.2 Å². The van der Waals surface area contributed by atoms with E-state index in [2.05, 4.69) is 15.5 Å². The highest BCUT2D eigenvalue weighted by Crippen LogP contribution is 2.20. The number of anilines is 1. The molecule has 1 fully saturated rings. The van der Waals surface area contributed by atoms with Gasteiger partial charge in [-0.15, -0.1) is 0 Å². The summed E-state index contributed by atoms with van der Waals surface area (Å²) in [5, 5.41) is 10.7. The molecule has 0 spiro atoms. The highest BCUT2D eigenvalue weighted by Gasteiger charge is 2.15. The first-order valence-electron chi connectivity index (χ1n) is 7.24. The summed E-state index contributed by atoms with van der Waals surface area (Å²) in [5.74, 6) is -0.0653. The average Bonchev–Trinajstić information content (AvgIpc) is 3.15. The molecule has 3 rings (SSSR count). The molecule has 1 aliphatic heterocycles. The van der Waals surface area contributed by atoms with Gasteiger partial charge in [-0.3, -0.25) is 9.89 Å². The lowest BCUT2D eigenvalue weighted by atomic mass is 10.2. The third-order valence-electron chi connectivity index (χ3n) is 3.55. The minimum atomic E-state index is -0.0653. The van der Waals surface area contributed by atoms with Gasteiger partial charge >= 0.3 is 0 Å². The van der Waals surface area contributed by atoms with E-state index in [9.17, 15) is 4.79 Å². The van der Waals surface area contributed by atoms with Crippen LogP contribution in [0.1, 0.15) is 19.3 Å². The maximum absolute atomic E-state index is 11.9. The topological polar surface area (TPSA) is 76.2 Å². The van der Waals surface area contributed by atoms with Crippen LogP contribution in [0.25, 0.3) is 10.9 Å². The lowest BCUT2D eigenvalue weighted by Crippen LogP contribution is -2.18. The summed E-state index contributed by atoms with van der Waals surface area (Å²) < 4.78 is 11.0. The number of carbonyl (C=O) groups is 1. The summed E-state index contributed by atoms with van der Waals surface area (Å²) in [5.41, 5.74) is 1.58. The smallest absolute Gasteiger partial charge is 0.226 e. The van der Waals surface area contributed by atoms with Crippen molar-refractivity contribution in [3.8, 4) is 0 Å². The Kier molecular flexibility index (Phi) is 4.47. The molecule has 21 heavy (non-hydrogen) atoms. The van der Waals surface area contributed by atoms with Gasteiger partial charge in [0.25, 0.3) is 0 Å². The summed E-state index contributed by atoms with van der Waals surface area (Å²) in [6.45, 7) is 1.80. The van der Waals surface area contributed by atoms with E-state index in [1.54, 1.807) is 6.20 Å². The Balaban J connectivity index is 1.44. The van der Waals surface area contributed by atoms with E-state index in [1.165, 1.54) is 0 Å². The fraction of sp³-hybridized carbons (Fsp3) is 0.467. The van der Waals surface area contributed by atoms with Crippen LogP contribution < -0.4 is 5.32 Å². The van der Waals surface area contributed by atoms with Gasteiger partial charge < -0.3 is 14.8 Å². The number of nitrogens with zero attached hydrogens (tertiary/aromatic N) is 1. The number of H-pyrrole nitrogens is 1. The van der Waals surface area contributed by atoms with Crippen LogP contribution in [0, 0.1) is 0 Å². The van der Waals surface area contributed by atoms with Crippen LogP contribution in [0.15, 0.2) is 24.4 Å². The van der Waals surface area contributed by atoms with Gasteiger partial charge in [-0.2, -0.15) is 5.10 Å². The molecule has 6 nitrogen and oxygen atoms in total. The molecule has 112 valence electrons. The van der Waals surface area contributed by atoms with Gasteiger partial charge in [-0.25, -0.2) is 0 Å². The number of amides is 1. The molecule has 1 unspecified atom stereocenters. The average molecular weight is 289 g/mol. The lowest BCUT2D eigenvalue weighted by molar-refractivity contribution is -0.117. The van der Waals surface area contributed by atoms with E-state index in [-0.39, 0.29) is 12.0 Å². The van der Waals surface area contributed by atoms with Crippen molar-refractivity contribution < 1.29 is 14.3 Å². The molecule has 1 aromatic carbocycles. The number of para-hydroxylation sites is 1. The van der Waals surface area contributed by atoms with E-state index < -0.39 is 0 Å². The van der Waals surface area contributed by atoms with Crippen molar-refractivity contribution in [3.63, 3.8) is 0 Å². The number of hydrogen-bond donors (Lipinski definition) is 2. The third-order valence-corrected chi connectivity index (χ3v) is 3.55. The Hall–Kier alpha value is -1.92. The molecule has 6 heteroatoms. The minimum absolute atomic E-state index is 0.0653. The number of ether oxygens (including phenoxy) is 2. The normalized spacial score (nSPS) is 18.2. The van der Waals surface area contributed by atoms with Gasteiger partial charge in [0.1, 0.15) is 0 Å². The molecule has 2 aromatic rings. The summed E-state index contributed by atoms with van der Waals surface area (Å²) in [6.07, 6.45) is 4.41. The molecule has 1 amide bonds. The maximum atomic E-state index is 11.9. The van der Waals surface area contributed by atoms with E-state index >= 15 is 0 Å². The quantitative estimate of drug-likeness (QED) is 0.798. The Bertz CT molecular complexity index is 605. The van der Waals surface area contributed by atoms with Crippen molar-refractivity contribution in [3.05, 3.63) is 24.4 Å². The highest BCUT2D eigenvalue weighted by molar-refractivity contribution is 6.00. The number of hydrogen-bond acceptors (Lipinski definition) is 4. The molecular formula is C15H19N3O3.